The molecule has 1 amide bonds. The Balaban J connectivity index is 1.82. The van der Waals surface area contributed by atoms with Crippen molar-refractivity contribution < 1.29 is 23.6 Å². The summed E-state index contributed by atoms with van der Waals surface area (Å²) in [4.78, 5) is 36.3. The van der Waals surface area contributed by atoms with E-state index in [2.05, 4.69) is 5.32 Å². The number of amides is 1. The standard InChI is InChI=1S/C16H14FN3O5S/c1-25-16(22)10-5-7-26-15(10)19-6-4-12(14(19)21)18-11-3-2-9(17)8-13(11)20(23)24/h2-3,5,7-8,12,18H,4,6H2,1H3. The van der Waals surface area contributed by atoms with Gasteiger partial charge in [0.15, 0.2) is 0 Å². The second-order valence-electron chi connectivity index (χ2n) is 5.53. The highest BCUT2D eigenvalue weighted by Gasteiger charge is 2.36. The lowest BCUT2D eigenvalue weighted by Crippen LogP contribution is -2.33. The molecule has 1 aromatic heterocycles. The van der Waals surface area contributed by atoms with E-state index in [4.69, 9.17) is 4.74 Å². The lowest BCUT2D eigenvalue weighted by Gasteiger charge is -2.17. The number of benzene rings is 1. The van der Waals surface area contributed by atoms with Gasteiger partial charge in [-0.1, -0.05) is 0 Å². The van der Waals surface area contributed by atoms with Crippen molar-refractivity contribution in [3.63, 3.8) is 0 Å². The van der Waals surface area contributed by atoms with Gasteiger partial charge in [-0.2, -0.15) is 0 Å². The van der Waals surface area contributed by atoms with E-state index in [1.165, 1.54) is 29.4 Å². The average Bonchev–Trinajstić information content (AvgIpc) is 3.23. The first kappa shape index (κ1) is 17.8. The molecule has 1 saturated heterocycles. The van der Waals surface area contributed by atoms with E-state index in [0.29, 0.717) is 23.5 Å². The number of esters is 1. The van der Waals surface area contributed by atoms with Crippen LogP contribution in [0.2, 0.25) is 0 Å². The first-order valence-corrected chi connectivity index (χ1v) is 8.48. The van der Waals surface area contributed by atoms with E-state index in [9.17, 15) is 24.1 Å². The van der Waals surface area contributed by atoms with E-state index >= 15 is 0 Å². The number of carbonyl (C=O) groups excluding carboxylic acids is 2. The number of nitrogens with zero attached hydrogens (tertiary/aromatic N) is 2. The van der Waals surface area contributed by atoms with Gasteiger partial charge in [-0.15, -0.1) is 11.3 Å². The van der Waals surface area contributed by atoms with E-state index in [1.807, 2.05) is 0 Å². The van der Waals surface area contributed by atoms with Crippen molar-refractivity contribution in [1.29, 1.82) is 0 Å². The molecule has 1 N–H and O–H groups in total. The Labute approximate surface area is 151 Å². The quantitative estimate of drug-likeness (QED) is 0.487. The van der Waals surface area contributed by atoms with Gasteiger partial charge in [0.25, 0.3) is 5.69 Å². The molecule has 1 unspecified atom stereocenters. The number of ether oxygens (including phenoxy) is 1. The van der Waals surface area contributed by atoms with E-state index in [0.717, 1.165) is 12.1 Å². The maximum Gasteiger partial charge on any atom is 0.340 e. The molecule has 0 aliphatic carbocycles. The summed E-state index contributed by atoms with van der Waals surface area (Å²) in [7, 11) is 1.26. The number of nitro benzene ring substituents is 1. The predicted octanol–water partition coefficient (Wildman–Crippen LogP) is 2.80. The fraction of sp³-hybridized carbons (Fsp3) is 0.250. The molecule has 3 rings (SSSR count). The van der Waals surface area contributed by atoms with Crippen molar-refractivity contribution in [2.24, 2.45) is 0 Å². The maximum atomic E-state index is 13.2. The van der Waals surface area contributed by atoms with Crippen LogP contribution in [-0.4, -0.2) is 36.5 Å². The van der Waals surface area contributed by atoms with Gasteiger partial charge in [0.2, 0.25) is 5.91 Å². The number of thiophene rings is 1. The topological polar surface area (TPSA) is 102 Å². The lowest BCUT2D eigenvalue weighted by molar-refractivity contribution is -0.384. The summed E-state index contributed by atoms with van der Waals surface area (Å²) in [5.74, 6) is -1.60. The Morgan fingerprint density at radius 1 is 1.46 bits per heavy atom. The zero-order chi connectivity index (χ0) is 18.8. The van der Waals surface area contributed by atoms with Crippen LogP contribution in [0.5, 0.6) is 0 Å². The number of nitro groups is 1. The van der Waals surface area contributed by atoms with Gasteiger partial charge in [-0.05, 0) is 30.0 Å². The van der Waals surface area contributed by atoms with E-state index in [-0.39, 0.29) is 11.6 Å². The molecule has 1 fully saturated rings. The van der Waals surface area contributed by atoms with Crippen molar-refractivity contribution >= 4 is 39.6 Å². The monoisotopic (exact) mass is 379 g/mol. The molecule has 1 atom stereocenters. The van der Waals surface area contributed by atoms with Crippen molar-refractivity contribution in [1.82, 2.24) is 0 Å². The zero-order valence-corrected chi connectivity index (χ0v) is 14.4. The number of carbonyl (C=O) groups is 2. The van der Waals surface area contributed by atoms with Crippen LogP contribution >= 0.6 is 11.3 Å². The van der Waals surface area contributed by atoms with Crippen LogP contribution in [0, 0.1) is 15.9 Å². The molecular weight excluding hydrogens is 365 g/mol. The highest BCUT2D eigenvalue weighted by Crippen LogP contribution is 2.33. The summed E-state index contributed by atoms with van der Waals surface area (Å²) in [5.41, 5.74) is -0.0853. The van der Waals surface area contributed by atoms with Crippen LogP contribution in [0.15, 0.2) is 29.6 Å². The highest BCUT2D eigenvalue weighted by atomic mass is 32.1. The largest absolute Gasteiger partial charge is 0.465 e. The second-order valence-corrected chi connectivity index (χ2v) is 6.42. The molecule has 0 spiro atoms. The fourth-order valence-corrected chi connectivity index (χ4v) is 3.68. The van der Waals surface area contributed by atoms with Crippen LogP contribution in [0.3, 0.4) is 0 Å². The molecule has 0 saturated carbocycles. The number of hydrogen-bond acceptors (Lipinski definition) is 7. The summed E-state index contributed by atoms with van der Waals surface area (Å²) >= 11 is 1.23. The van der Waals surface area contributed by atoms with Gasteiger partial charge < -0.3 is 15.0 Å². The minimum atomic E-state index is -0.733. The van der Waals surface area contributed by atoms with Gasteiger partial charge in [0.1, 0.15) is 22.5 Å². The average molecular weight is 379 g/mol. The Morgan fingerprint density at radius 2 is 2.23 bits per heavy atom. The summed E-state index contributed by atoms with van der Waals surface area (Å²) in [6.45, 7) is 0.343. The Kier molecular flexibility index (Phi) is 4.85. The number of nitrogens with one attached hydrogen (secondary N) is 1. The van der Waals surface area contributed by atoms with Crippen LogP contribution in [0.25, 0.3) is 0 Å². The first-order valence-electron chi connectivity index (χ1n) is 7.60. The number of anilines is 2. The number of halogens is 1. The predicted molar refractivity (Wildman–Crippen MR) is 93.1 cm³/mol. The molecular formula is C16H14FN3O5S. The summed E-state index contributed by atoms with van der Waals surface area (Å²) in [6.07, 6.45) is 0.381. The van der Waals surface area contributed by atoms with Crippen molar-refractivity contribution in [3.8, 4) is 0 Å². The van der Waals surface area contributed by atoms with Gasteiger partial charge in [0, 0.05) is 6.54 Å². The molecule has 2 heterocycles. The summed E-state index contributed by atoms with van der Waals surface area (Å²) in [5, 5.41) is 16.1. The highest BCUT2D eigenvalue weighted by molar-refractivity contribution is 7.14. The Hall–Kier alpha value is -3.01. The van der Waals surface area contributed by atoms with E-state index in [1.54, 1.807) is 11.4 Å². The molecule has 1 aliphatic rings. The van der Waals surface area contributed by atoms with Crippen LogP contribution in [0.1, 0.15) is 16.8 Å². The number of hydrogen-bond donors (Lipinski definition) is 1. The van der Waals surface area contributed by atoms with Crippen LogP contribution < -0.4 is 10.2 Å². The Bertz CT molecular complexity index is 885. The molecule has 1 aliphatic heterocycles. The molecule has 10 heteroatoms. The molecule has 2 aromatic rings. The van der Waals surface area contributed by atoms with Crippen molar-refractivity contribution in [2.75, 3.05) is 23.9 Å². The van der Waals surface area contributed by atoms with Crippen LogP contribution in [0.4, 0.5) is 20.8 Å². The van der Waals surface area contributed by atoms with E-state index < -0.39 is 28.4 Å². The second kappa shape index (κ2) is 7.08. The molecule has 0 radical (unpaired) electrons. The Morgan fingerprint density at radius 3 is 2.92 bits per heavy atom. The molecule has 26 heavy (non-hydrogen) atoms. The minimum Gasteiger partial charge on any atom is -0.465 e. The first-order chi connectivity index (χ1) is 12.4. The molecule has 8 nitrogen and oxygen atoms in total. The number of rotatable bonds is 5. The fourth-order valence-electron chi connectivity index (χ4n) is 2.76. The smallest absolute Gasteiger partial charge is 0.340 e. The minimum absolute atomic E-state index is 0.0657. The lowest BCUT2D eigenvalue weighted by atomic mass is 10.2. The third kappa shape index (κ3) is 3.23. The molecule has 136 valence electrons. The van der Waals surface area contributed by atoms with Gasteiger partial charge >= 0.3 is 5.97 Å². The van der Waals surface area contributed by atoms with Gasteiger partial charge in [0.05, 0.1) is 23.7 Å². The van der Waals surface area contributed by atoms with Gasteiger partial charge in [-0.3, -0.25) is 14.9 Å². The maximum absolute atomic E-state index is 13.2. The van der Waals surface area contributed by atoms with Crippen molar-refractivity contribution in [3.05, 3.63) is 51.1 Å². The molecule has 0 bridgehead atoms. The summed E-state index contributed by atoms with van der Waals surface area (Å²) in [6, 6.07) is 3.97. The third-order valence-corrected chi connectivity index (χ3v) is 4.92. The SMILES string of the molecule is COC(=O)c1ccsc1N1CCC(Nc2ccc(F)cc2[N+](=O)[O-])C1=O. The number of methoxy groups -OCH3 is 1. The van der Waals surface area contributed by atoms with Crippen LogP contribution in [-0.2, 0) is 9.53 Å². The summed E-state index contributed by atoms with van der Waals surface area (Å²) < 4.78 is 18.0. The molecule has 1 aromatic carbocycles. The normalized spacial score (nSPS) is 16.6. The third-order valence-electron chi connectivity index (χ3n) is 3.99. The van der Waals surface area contributed by atoms with Gasteiger partial charge in [-0.25, -0.2) is 9.18 Å². The van der Waals surface area contributed by atoms with Crippen molar-refractivity contribution in [2.45, 2.75) is 12.5 Å². The zero-order valence-electron chi connectivity index (χ0n) is 13.6.